The molecule has 32 heavy (non-hydrogen) atoms. The average Bonchev–Trinajstić information content (AvgIpc) is 2.80. The van der Waals surface area contributed by atoms with Crippen molar-refractivity contribution in [1.29, 1.82) is 0 Å². The molecular weight excluding hydrogens is 400 g/mol. The first-order chi connectivity index (χ1) is 15.5. The fraction of sp³-hybridized carbons (Fsp3) is 0.400. The minimum atomic E-state index is -0.129. The predicted octanol–water partition coefficient (Wildman–Crippen LogP) is 4.80. The number of carbonyl (C=O) groups is 1. The number of anilines is 3. The Balaban J connectivity index is 1.33. The van der Waals surface area contributed by atoms with Crippen LogP contribution in [0.5, 0.6) is 0 Å². The molecule has 2 aromatic carbocycles. The lowest BCUT2D eigenvalue weighted by atomic mass is 9.91. The van der Waals surface area contributed by atoms with Crippen molar-refractivity contribution in [2.24, 2.45) is 0 Å². The molecule has 0 spiro atoms. The van der Waals surface area contributed by atoms with Crippen LogP contribution in [0.4, 0.5) is 22.2 Å². The van der Waals surface area contributed by atoms with Crippen LogP contribution in [-0.2, 0) is 6.42 Å². The zero-order valence-corrected chi connectivity index (χ0v) is 19.1. The number of benzene rings is 2. The summed E-state index contributed by atoms with van der Waals surface area (Å²) in [6.07, 6.45) is 4.66. The van der Waals surface area contributed by atoms with Gasteiger partial charge in [0.15, 0.2) is 0 Å². The number of para-hydroxylation sites is 2. The lowest BCUT2D eigenvalue weighted by Gasteiger charge is -2.30. The Morgan fingerprint density at radius 2 is 1.66 bits per heavy atom. The van der Waals surface area contributed by atoms with Crippen LogP contribution in [0.2, 0.25) is 0 Å². The van der Waals surface area contributed by atoms with Crippen LogP contribution in [0, 0.1) is 0 Å². The highest BCUT2D eigenvalue weighted by atomic mass is 16.2. The van der Waals surface area contributed by atoms with E-state index in [0.29, 0.717) is 12.0 Å². The average molecular weight is 433 g/mol. The van der Waals surface area contributed by atoms with E-state index in [2.05, 4.69) is 28.9 Å². The summed E-state index contributed by atoms with van der Waals surface area (Å²) in [7, 11) is 4.00. The third-order valence-corrected chi connectivity index (χ3v) is 6.05. The van der Waals surface area contributed by atoms with Crippen LogP contribution in [-0.4, -0.2) is 42.2 Å². The van der Waals surface area contributed by atoms with E-state index in [1.807, 2.05) is 61.5 Å². The Kier molecular flexibility index (Phi) is 6.73. The molecule has 3 aromatic rings. The third-order valence-electron chi connectivity index (χ3n) is 6.05. The number of hydrogen-bond acceptors (Lipinski definition) is 5. The van der Waals surface area contributed by atoms with Crippen LogP contribution < -0.4 is 20.9 Å². The van der Waals surface area contributed by atoms with Crippen molar-refractivity contribution >= 4 is 34.4 Å². The van der Waals surface area contributed by atoms with Gasteiger partial charge in [0.05, 0.1) is 5.52 Å². The summed E-state index contributed by atoms with van der Waals surface area (Å²) >= 11 is 0. The summed E-state index contributed by atoms with van der Waals surface area (Å²) < 4.78 is 0. The normalized spacial score (nSPS) is 18.2. The largest absolute Gasteiger partial charge is 0.362 e. The lowest BCUT2D eigenvalue weighted by molar-refractivity contribution is 0.243. The number of rotatable bonds is 6. The summed E-state index contributed by atoms with van der Waals surface area (Å²) in [6, 6.07) is 16.4. The molecule has 0 radical (unpaired) electrons. The molecule has 0 bridgehead atoms. The zero-order valence-electron chi connectivity index (χ0n) is 19.1. The Morgan fingerprint density at radius 1 is 0.969 bits per heavy atom. The molecule has 2 amide bonds. The van der Waals surface area contributed by atoms with E-state index in [1.165, 1.54) is 0 Å². The molecule has 1 fully saturated rings. The van der Waals surface area contributed by atoms with E-state index in [9.17, 15) is 4.79 Å². The van der Waals surface area contributed by atoms with E-state index in [-0.39, 0.29) is 12.1 Å². The first kappa shape index (κ1) is 21.9. The number of amides is 2. The summed E-state index contributed by atoms with van der Waals surface area (Å²) in [6.45, 7) is 2.09. The summed E-state index contributed by atoms with van der Waals surface area (Å²) in [4.78, 5) is 24.0. The van der Waals surface area contributed by atoms with Crippen LogP contribution in [0.3, 0.4) is 0 Å². The van der Waals surface area contributed by atoms with Crippen molar-refractivity contribution in [3.8, 4) is 0 Å². The number of nitrogens with one attached hydrogen (secondary N) is 3. The van der Waals surface area contributed by atoms with Gasteiger partial charge >= 0.3 is 6.03 Å². The van der Waals surface area contributed by atoms with Gasteiger partial charge in [-0.1, -0.05) is 37.3 Å². The number of aromatic nitrogens is 2. The second-order valence-electron chi connectivity index (χ2n) is 8.58. The van der Waals surface area contributed by atoms with E-state index in [1.54, 1.807) is 0 Å². The standard InChI is InChI=1S/C25H32N6O/c1-4-17-9-5-7-11-21(17)29-25(32)27-19-15-13-18(14-16-19)26-24-28-22-12-8-6-10-20(22)23(30-24)31(2)3/h5-12,18-19H,4,13-16H2,1-3H3,(H,26,28,30)(H2,27,29,32). The second kappa shape index (κ2) is 9.85. The Morgan fingerprint density at radius 3 is 2.41 bits per heavy atom. The van der Waals surface area contributed by atoms with Gasteiger partial charge in [-0.25, -0.2) is 9.78 Å². The van der Waals surface area contributed by atoms with Crippen molar-refractivity contribution in [2.75, 3.05) is 29.6 Å². The number of hydrogen-bond donors (Lipinski definition) is 3. The molecule has 1 aliphatic rings. The van der Waals surface area contributed by atoms with Gasteiger partial charge in [0, 0.05) is 37.3 Å². The molecule has 0 unspecified atom stereocenters. The van der Waals surface area contributed by atoms with Gasteiger partial charge in [-0.3, -0.25) is 0 Å². The van der Waals surface area contributed by atoms with Gasteiger partial charge in [0.2, 0.25) is 5.95 Å². The Bertz CT molecular complexity index is 1070. The molecule has 168 valence electrons. The number of urea groups is 1. The smallest absolute Gasteiger partial charge is 0.319 e. The van der Waals surface area contributed by atoms with Gasteiger partial charge < -0.3 is 20.9 Å². The highest BCUT2D eigenvalue weighted by Gasteiger charge is 2.23. The van der Waals surface area contributed by atoms with Gasteiger partial charge in [-0.15, -0.1) is 0 Å². The van der Waals surface area contributed by atoms with Crippen molar-refractivity contribution in [3.05, 3.63) is 54.1 Å². The molecule has 1 heterocycles. The molecule has 7 nitrogen and oxygen atoms in total. The maximum Gasteiger partial charge on any atom is 0.319 e. The van der Waals surface area contributed by atoms with E-state index in [0.717, 1.165) is 60.1 Å². The fourth-order valence-electron chi connectivity index (χ4n) is 4.32. The molecule has 1 aliphatic carbocycles. The number of fused-ring (bicyclic) bond motifs is 1. The first-order valence-electron chi connectivity index (χ1n) is 11.4. The molecule has 0 atom stereocenters. The third kappa shape index (κ3) is 5.10. The van der Waals surface area contributed by atoms with Crippen molar-refractivity contribution in [2.45, 2.75) is 51.1 Å². The van der Waals surface area contributed by atoms with E-state index in [4.69, 9.17) is 9.97 Å². The van der Waals surface area contributed by atoms with E-state index >= 15 is 0 Å². The van der Waals surface area contributed by atoms with Crippen molar-refractivity contribution in [3.63, 3.8) is 0 Å². The minimum absolute atomic E-state index is 0.129. The van der Waals surface area contributed by atoms with Crippen molar-refractivity contribution < 1.29 is 4.79 Å². The highest BCUT2D eigenvalue weighted by molar-refractivity contribution is 5.91. The maximum atomic E-state index is 12.5. The van der Waals surface area contributed by atoms with Gasteiger partial charge in [-0.2, -0.15) is 4.98 Å². The molecule has 0 saturated heterocycles. The molecule has 3 N–H and O–H groups in total. The van der Waals surface area contributed by atoms with Crippen molar-refractivity contribution in [1.82, 2.24) is 15.3 Å². The minimum Gasteiger partial charge on any atom is -0.362 e. The zero-order chi connectivity index (χ0) is 22.5. The number of aryl methyl sites for hydroxylation is 1. The number of carbonyl (C=O) groups excluding carboxylic acids is 1. The van der Waals surface area contributed by atoms with E-state index < -0.39 is 0 Å². The first-order valence-corrected chi connectivity index (χ1v) is 11.4. The van der Waals surface area contributed by atoms with Gasteiger partial charge in [-0.05, 0) is 55.9 Å². The van der Waals surface area contributed by atoms with Crippen LogP contribution in [0.1, 0.15) is 38.2 Å². The van der Waals surface area contributed by atoms with Crippen LogP contribution in [0.25, 0.3) is 10.9 Å². The summed E-state index contributed by atoms with van der Waals surface area (Å²) in [5.74, 6) is 1.58. The highest BCUT2D eigenvalue weighted by Crippen LogP contribution is 2.26. The Hall–Kier alpha value is -3.35. The lowest BCUT2D eigenvalue weighted by Crippen LogP contribution is -2.42. The summed E-state index contributed by atoms with van der Waals surface area (Å²) in [5.41, 5.74) is 2.96. The van der Waals surface area contributed by atoms with Crippen LogP contribution >= 0.6 is 0 Å². The fourth-order valence-corrected chi connectivity index (χ4v) is 4.32. The predicted molar refractivity (Wildman–Crippen MR) is 132 cm³/mol. The molecule has 4 rings (SSSR count). The monoisotopic (exact) mass is 432 g/mol. The Labute approximate surface area is 189 Å². The van der Waals surface area contributed by atoms with Gasteiger partial charge in [0.25, 0.3) is 0 Å². The maximum absolute atomic E-state index is 12.5. The summed E-state index contributed by atoms with van der Waals surface area (Å²) in [5, 5.41) is 10.7. The number of nitrogens with zero attached hydrogens (tertiary/aromatic N) is 3. The van der Waals surface area contributed by atoms with Crippen LogP contribution in [0.15, 0.2) is 48.5 Å². The molecule has 1 aromatic heterocycles. The second-order valence-corrected chi connectivity index (χ2v) is 8.58. The topological polar surface area (TPSA) is 82.2 Å². The molecule has 7 heteroatoms. The quantitative estimate of drug-likeness (QED) is 0.521. The molecular formula is C25H32N6O. The molecule has 1 saturated carbocycles. The molecule has 0 aliphatic heterocycles. The SMILES string of the molecule is CCc1ccccc1NC(=O)NC1CCC(Nc2nc(N(C)C)c3ccccc3n2)CC1. The van der Waals surface area contributed by atoms with Gasteiger partial charge in [0.1, 0.15) is 5.82 Å².